The topological polar surface area (TPSA) is 174 Å². The van der Waals surface area contributed by atoms with Crippen LogP contribution in [-0.2, 0) is 14.3 Å². The van der Waals surface area contributed by atoms with Gasteiger partial charge in [-0.05, 0) is 25.5 Å². The Bertz CT molecular complexity index is 1270. The molecule has 0 aromatic heterocycles. The minimum atomic E-state index is -2.81. The van der Waals surface area contributed by atoms with Crippen LogP contribution in [0.1, 0.15) is 48.5 Å². The van der Waals surface area contributed by atoms with E-state index in [1.165, 1.54) is 4.90 Å². The van der Waals surface area contributed by atoms with Crippen LogP contribution in [0.5, 0.6) is 0 Å². The number of esters is 1. The molecule has 43 heavy (non-hydrogen) atoms. The lowest BCUT2D eigenvalue weighted by atomic mass is 9.85. The second-order valence-electron chi connectivity index (χ2n) is 10.7. The molecule has 236 valence electrons. The number of guanidine groups is 1. The zero-order valence-electron chi connectivity index (χ0n) is 23.7. The number of alkyl halides is 3. The monoisotopic (exact) mass is 660 g/mol. The van der Waals surface area contributed by atoms with Crippen molar-refractivity contribution in [2.45, 2.75) is 73.0 Å². The molecule has 1 aromatic carbocycles. The maximum Gasteiger partial charge on any atom is 0.407 e. The number of nitrogens with zero attached hydrogens (tertiary/aromatic N) is 2. The van der Waals surface area contributed by atoms with Crippen molar-refractivity contribution in [1.29, 1.82) is 0 Å². The first-order valence-corrected chi connectivity index (χ1v) is 14.9. The predicted molar refractivity (Wildman–Crippen MR) is 159 cm³/mol. The fourth-order valence-corrected chi connectivity index (χ4v) is 5.53. The van der Waals surface area contributed by atoms with E-state index < -0.39 is 51.4 Å². The summed E-state index contributed by atoms with van der Waals surface area (Å²) in [5.41, 5.74) is -0.823. The summed E-state index contributed by atoms with van der Waals surface area (Å²) in [6.45, 7) is 7.55. The standard InChI is InChI=1S/C27H35Cl3N6O7/c1-4-5-6-7-12-31-24(39)42-14-18-20-25(35-16(3)32-20)26(40,41)19(43-21(37)17-10-8-15(2)9-11-17)13-36(25)23(33-18)34-22(38)27(28,29)30/h8-11,18-20,32,35,40-41H,3-7,12-14H2,1-2H3,(H,31,39)(H,33,34,38)/t18-,19-,20-,25?/m0/s1. The molecule has 6 N–H and O–H groups in total. The number of carbonyl (C=O) groups is 3. The number of unbranched alkanes of at least 4 members (excludes halogenated alkanes) is 3. The van der Waals surface area contributed by atoms with Gasteiger partial charge in [0.25, 0.3) is 3.79 Å². The highest BCUT2D eigenvalue weighted by Crippen LogP contribution is 2.45. The molecule has 0 saturated carbocycles. The minimum Gasteiger partial charge on any atom is -0.451 e. The summed E-state index contributed by atoms with van der Waals surface area (Å²) in [6.07, 6.45) is 1.59. The van der Waals surface area contributed by atoms with Gasteiger partial charge in [-0.15, -0.1) is 0 Å². The van der Waals surface area contributed by atoms with Crippen LogP contribution in [0.25, 0.3) is 0 Å². The molecular formula is C27H35Cl3N6O7. The maximum absolute atomic E-state index is 13.0. The van der Waals surface area contributed by atoms with Crippen molar-refractivity contribution < 1.29 is 34.1 Å². The summed E-state index contributed by atoms with van der Waals surface area (Å²) in [5, 5.41) is 35.0. The summed E-state index contributed by atoms with van der Waals surface area (Å²) >= 11 is 17.3. The molecule has 3 saturated heterocycles. The number of ether oxygens (including phenoxy) is 2. The number of amides is 2. The van der Waals surface area contributed by atoms with Crippen LogP contribution in [0.4, 0.5) is 4.79 Å². The highest BCUT2D eigenvalue weighted by Gasteiger charge is 2.75. The number of aliphatic imine (C=N–C) groups is 1. The molecule has 0 radical (unpaired) electrons. The number of carbonyl (C=O) groups excluding carboxylic acids is 3. The number of halogens is 3. The summed E-state index contributed by atoms with van der Waals surface area (Å²) in [6, 6.07) is 4.61. The average molecular weight is 662 g/mol. The zero-order valence-corrected chi connectivity index (χ0v) is 25.9. The van der Waals surface area contributed by atoms with Crippen LogP contribution in [0.15, 0.2) is 41.7 Å². The van der Waals surface area contributed by atoms with Gasteiger partial charge in [0.2, 0.25) is 11.7 Å². The molecular weight excluding hydrogens is 627 g/mol. The van der Waals surface area contributed by atoms with Gasteiger partial charge in [0.05, 0.1) is 30.0 Å². The Hall–Kier alpha value is -2.97. The van der Waals surface area contributed by atoms with Gasteiger partial charge in [0.15, 0.2) is 11.8 Å². The lowest BCUT2D eigenvalue weighted by Gasteiger charge is -2.51. The summed E-state index contributed by atoms with van der Waals surface area (Å²) in [7, 11) is 0. The average Bonchev–Trinajstić information content (AvgIpc) is 3.40. The van der Waals surface area contributed by atoms with Crippen LogP contribution in [-0.4, -0.2) is 92.2 Å². The third kappa shape index (κ3) is 6.75. The molecule has 16 heteroatoms. The van der Waals surface area contributed by atoms with Crippen LogP contribution in [0.3, 0.4) is 0 Å². The third-order valence-corrected chi connectivity index (χ3v) is 8.04. The lowest BCUT2D eigenvalue weighted by molar-refractivity contribution is -0.258. The van der Waals surface area contributed by atoms with Crippen molar-refractivity contribution in [1.82, 2.24) is 26.2 Å². The van der Waals surface area contributed by atoms with E-state index >= 15 is 0 Å². The van der Waals surface area contributed by atoms with Gasteiger partial charge in [-0.3, -0.25) is 4.79 Å². The summed E-state index contributed by atoms with van der Waals surface area (Å²) in [5.74, 6) is -4.87. The Morgan fingerprint density at radius 1 is 1.16 bits per heavy atom. The molecule has 1 spiro atoms. The first-order chi connectivity index (χ1) is 20.2. The number of benzene rings is 1. The van der Waals surface area contributed by atoms with Gasteiger partial charge < -0.3 is 45.9 Å². The Morgan fingerprint density at radius 2 is 1.86 bits per heavy atom. The lowest BCUT2D eigenvalue weighted by Crippen LogP contribution is -2.81. The smallest absolute Gasteiger partial charge is 0.407 e. The first-order valence-electron chi connectivity index (χ1n) is 13.8. The number of aryl methyl sites for hydroxylation is 1. The second kappa shape index (κ2) is 12.9. The number of nitrogens with one attached hydrogen (secondary N) is 4. The molecule has 3 aliphatic rings. The van der Waals surface area contributed by atoms with Gasteiger partial charge in [-0.1, -0.05) is 85.3 Å². The Kier molecular flexibility index (Phi) is 9.92. The van der Waals surface area contributed by atoms with E-state index in [9.17, 15) is 24.6 Å². The van der Waals surface area contributed by atoms with E-state index in [0.717, 1.165) is 31.2 Å². The fraction of sp³-hybridized carbons (Fsp3) is 0.556. The highest BCUT2D eigenvalue weighted by atomic mass is 35.6. The largest absolute Gasteiger partial charge is 0.451 e. The van der Waals surface area contributed by atoms with Gasteiger partial charge in [0, 0.05) is 6.54 Å². The summed E-state index contributed by atoms with van der Waals surface area (Å²) in [4.78, 5) is 43.3. The van der Waals surface area contributed by atoms with Gasteiger partial charge in [-0.25, -0.2) is 9.59 Å². The van der Waals surface area contributed by atoms with E-state index in [1.807, 2.05) is 6.92 Å². The van der Waals surface area contributed by atoms with Crippen molar-refractivity contribution >= 4 is 58.7 Å². The first kappa shape index (κ1) is 32.9. The van der Waals surface area contributed by atoms with Crippen molar-refractivity contribution in [3.63, 3.8) is 0 Å². The van der Waals surface area contributed by atoms with Gasteiger partial charge >= 0.3 is 18.0 Å². The van der Waals surface area contributed by atoms with Crippen LogP contribution in [0.2, 0.25) is 0 Å². The van der Waals surface area contributed by atoms with Crippen molar-refractivity contribution in [3.05, 3.63) is 47.8 Å². The van der Waals surface area contributed by atoms with Crippen LogP contribution in [0, 0.1) is 6.92 Å². The summed E-state index contributed by atoms with van der Waals surface area (Å²) < 4.78 is 8.59. The van der Waals surface area contributed by atoms with Crippen LogP contribution < -0.4 is 21.3 Å². The number of alkyl carbamates (subject to hydrolysis) is 1. The molecule has 4 rings (SSSR count). The van der Waals surface area contributed by atoms with E-state index in [1.54, 1.807) is 24.3 Å². The normalized spacial score (nSPS) is 26.5. The van der Waals surface area contributed by atoms with Crippen molar-refractivity contribution in [2.75, 3.05) is 19.7 Å². The van der Waals surface area contributed by atoms with Crippen molar-refractivity contribution in [2.24, 2.45) is 4.99 Å². The Labute approximate surface area is 263 Å². The van der Waals surface area contributed by atoms with E-state index in [0.29, 0.717) is 6.54 Å². The van der Waals surface area contributed by atoms with E-state index in [-0.39, 0.29) is 30.5 Å². The third-order valence-electron chi connectivity index (χ3n) is 7.56. The van der Waals surface area contributed by atoms with Gasteiger partial charge in [0.1, 0.15) is 6.61 Å². The predicted octanol–water partition coefficient (Wildman–Crippen LogP) is 1.78. The SMILES string of the molecule is C=C1N[C@H]2[C@H](COC(=O)NCCCCCC)N/C(=N/C(=O)C(Cl)(Cl)Cl)N3C[C@H](OC(=O)c4ccc(C)cc4)C(O)(O)C23N1. The quantitative estimate of drug-likeness (QED) is 0.0986. The van der Waals surface area contributed by atoms with E-state index in [4.69, 9.17) is 44.3 Å². The molecule has 0 bridgehead atoms. The number of hydrogen-bond donors (Lipinski definition) is 6. The molecule has 3 heterocycles. The van der Waals surface area contributed by atoms with E-state index in [2.05, 4.69) is 39.8 Å². The zero-order chi connectivity index (χ0) is 31.6. The maximum atomic E-state index is 13.0. The van der Waals surface area contributed by atoms with Gasteiger partial charge in [-0.2, -0.15) is 4.99 Å². The minimum absolute atomic E-state index is 0.175. The molecule has 13 nitrogen and oxygen atoms in total. The number of hydrogen-bond acceptors (Lipinski definition) is 9. The number of rotatable bonds is 9. The molecule has 4 atom stereocenters. The fourth-order valence-electron chi connectivity index (χ4n) is 5.40. The highest BCUT2D eigenvalue weighted by molar-refractivity contribution is 6.76. The molecule has 0 aliphatic carbocycles. The van der Waals surface area contributed by atoms with Crippen LogP contribution >= 0.6 is 34.8 Å². The van der Waals surface area contributed by atoms with Crippen molar-refractivity contribution in [3.8, 4) is 0 Å². The molecule has 3 aliphatic heterocycles. The Balaban J connectivity index is 1.63. The second-order valence-corrected chi connectivity index (χ2v) is 12.9. The number of aliphatic hydroxyl groups is 2. The molecule has 1 aromatic rings. The molecule has 2 amide bonds. The molecule has 3 fully saturated rings. The molecule has 1 unspecified atom stereocenters. The Morgan fingerprint density at radius 3 is 2.51 bits per heavy atom.